The quantitative estimate of drug-likeness (QED) is 0.654. The van der Waals surface area contributed by atoms with Gasteiger partial charge in [0.05, 0.1) is 12.2 Å². The predicted octanol–water partition coefficient (Wildman–Crippen LogP) is 3.32. The third kappa shape index (κ3) is 3.65. The van der Waals surface area contributed by atoms with E-state index in [9.17, 15) is 23.1 Å². The number of Topliss-reactive ketones (excluding diaryl/α,β-unsaturated/α-hetero) is 1. The molecule has 1 rings (SSSR count). The summed E-state index contributed by atoms with van der Waals surface area (Å²) < 4.78 is 41.7. The number of phenolic OH excluding ortho intramolecular Hbond substituents is 1. The zero-order chi connectivity index (χ0) is 13.8. The SMILES string of the molecule is CCCCOc1ccc(C(=O)C(F)(F)F)c(O)c1. The van der Waals surface area contributed by atoms with Crippen molar-refractivity contribution in [3.63, 3.8) is 0 Å². The van der Waals surface area contributed by atoms with Gasteiger partial charge in [-0.2, -0.15) is 13.2 Å². The van der Waals surface area contributed by atoms with Crippen molar-refractivity contribution < 1.29 is 27.8 Å². The van der Waals surface area contributed by atoms with Crippen LogP contribution in [0.2, 0.25) is 0 Å². The molecule has 1 aromatic rings. The Balaban J connectivity index is 2.83. The van der Waals surface area contributed by atoms with E-state index in [1.807, 2.05) is 6.92 Å². The molecule has 0 bridgehead atoms. The number of halogens is 3. The molecule has 0 aliphatic carbocycles. The van der Waals surface area contributed by atoms with Gasteiger partial charge in [-0.25, -0.2) is 0 Å². The van der Waals surface area contributed by atoms with E-state index >= 15 is 0 Å². The molecule has 100 valence electrons. The van der Waals surface area contributed by atoms with Gasteiger partial charge in [0.1, 0.15) is 11.5 Å². The second-order valence-corrected chi connectivity index (χ2v) is 3.71. The van der Waals surface area contributed by atoms with Crippen LogP contribution in [0, 0.1) is 0 Å². The summed E-state index contributed by atoms with van der Waals surface area (Å²) in [5.41, 5.74) is -0.773. The van der Waals surface area contributed by atoms with E-state index in [1.165, 1.54) is 6.07 Å². The number of ether oxygens (including phenoxy) is 1. The monoisotopic (exact) mass is 262 g/mol. The third-order valence-corrected chi connectivity index (χ3v) is 2.24. The van der Waals surface area contributed by atoms with Gasteiger partial charge >= 0.3 is 6.18 Å². The number of ketones is 1. The van der Waals surface area contributed by atoms with Crippen LogP contribution in [0.3, 0.4) is 0 Å². The van der Waals surface area contributed by atoms with Crippen molar-refractivity contribution in [1.82, 2.24) is 0 Å². The topological polar surface area (TPSA) is 46.5 Å². The Morgan fingerprint density at radius 3 is 2.56 bits per heavy atom. The van der Waals surface area contributed by atoms with Crippen LogP contribution in [-0.4, -0.2) is 23.7 Å². The predicted molar refractivity (Wildman–Crippen MR) is 58.9 cm³/mol. The van der Waals surface area contributed by atoms with Gasteiger partial charge in [-0.05, 0) is 18.6 Å². The second kappa shape index (κ2) is 5.75. The molecule has 1 aromatic carbocycles. The molecule has 18 heavy (non-hydrogen) atoms. The number of alkyl halides is 3. The molecule has 3 nitrogen and oxygen atoms in total. The van der Waals surface area contributed by atoms with Crippen molar-refractivity contribution in [2.45, 2.75) is 25.9 Å². The molecule has 0 unspecified atom stereocenters. The van der Waals surface area contributed by atoms with Crippen LogP contribution in [0.25, 0.3) is 0 Å². The van der Waals surface area contributed by atoms with E-state index in [0.717, 1.165) is 25.0 Å². The summed E-state index contributed by atoms with van der Waals surface area (Å²) >= 11 is 0. The Morgan fingerprint density at radius 1 is 1.39 bits per heavy atom. The summed E-state index contributed by atoms with van der Waals surface area (Å²) in [6, 6.07) is 3.15. The summed E-state index contributed by atoms with van der Waals surface area (Å²) in [4.78, 5) is 10.9. The molecule has 0 saturated heterocycles. The van der Waals surface area contributed by atoms with Gasteiger partial charge in [0.15, 0.2) is 0 Å². The Bertz CT molecular complexity index is 427. The average Bonchev–Trinajstić information content (AvgIpc) is 2.27. The van der Waals surface area contributed by atoms with Crippen molar-refractivity contribution in [2.75, 3.05) is 6.61 Å². The number of carbonyl (C=O) groups excluding carboxylic acids is 1. The number of aromatic hydroxyl groups is 1. The Kier molecular flexibility index (Phi) is 4.58. The van der Waals surface area contributed by atoms with Gasteiger partial charge < -0.3 is 9.84 Å². The van der Waals surface area contributed by atoms with Gasteiger partial charge in [-0.3, -0.25) is 4.79 Å². The maximum atomic E-state index is 12.2. The first-order chi connectivity index (χ1) is 8.36. The number of benzene rings is 1. The Morgan fingerprint density at radius 2 is 2.06 bits per heavy atom. The maximum Gasteiger partial charge on any atom is 0.455 e. The van der Waals surface area contributed by atoms with E-state index < -0.39 is 23.3 Å². The molecule has 0 fully saturated rings. The first-order valence-corrected chi connectivity index (χ1v) is 5.43. The average molecular weight is 262 g/mol. The normalized spacial score (nSPS) is 11.3. The van der Waals surface area contributed by atoms with Crippen molar-refractivity contribution in [2.24, 2.45) is 0 Å². The van der Waals surface area contributed by atoms with Crippen LogP contribution in [0.4, 0.5) is 13.2 Å². The zero-order valence-corrected chi connectivity index (χ0v) is 9.75. The molecule has 0 aromatic heterocycles. The molecule has 0 atom stereocenters. The molecular formula is C12H13F3O3. The highest BCUT2D eigenvalue weighted by molar-refractivity contribution is 6.02. The number of hydrogen-bond acceptors (Lipinski definition) is 3. The van der Waals surface area contributed by atoms with Gasteiger partial charge in [0.25, 0.3) is 5.78 Å². The summed E-state index contributed by atoms with van der Waals surface area (Å²) in [6.07, 6.45) is -3.29. The van der Waals surface area contributed by atoms with Crippen LogP contribution in [-0.2, 0) is 0 Å². The van der Waals surface area contributed by atoms with Crippen molar-refractivity contribution in [3.05, 3.63) is 23.8 Å². The molecule has 0 saturated carbocycles. The lowest BCUT2D eigenvalue weighted by Gasteiger charge is -2.09. The van der Waals surface area contributed by atoms with Crippen molar-refractivity contribution in [3.8, 4) is 11.5 Å². The minimum Gasteiger partial charge on any atom is -0.507 e. The fourth-order valence-electron chi connectivity index (χ4n) is 1.28. The fraction of sp³-hybridized carbons (Fsp3) is 0.417. The van der Waals surface area contributed by atoms with Crippen molar-refractivity contribution in [1.29, 1.82) is 0 Å². The smallest absolute Gasteiger partial charge is 0.455 e. The highest BCUT2D eigenvalue weighted by Crippen LogP contribution is 2.29. The minimum atomic E-state index is -5.00. The highest BCUT2D eigenvalue weighted by atomic mass is 19.4. The lowest BCUT2D eigenvalue weighted by molar-refractivity contribution is -0.0886. The lowest BCUT2D eigenvalue weighted by atomic mass is 10.1. The molecule has 0 aliphatic rings. The first-order valence-electron chi connectivity index (χ1n) is 5.43. The lowest BCUT2D eigenvalue weighted by Crippen LogP contribution is -2.22. The first kappa shape index (κ1) is 14.3. The zero-order valence-electron chi connectivity index (χ0n) is 9.75. The second-order valence-electron chi connectivity index (χ2n) is 3.71. The van der Waals surface area contributed by atoms with E-state index in [2.05, 4.69) is 0 Å². The van der Waals surface area contributed by atoms with Gasteiger partial charge in [-0.1, -0.05) is 13.3 Å². The summed E-state index contributed by atoms with van der Waals surface area (Å²) in [6.45, 7) is 2.37. The number of rotatable bonds is 5. The molecule has 0 spiro atoms. The van der Waals surface area contributed by atoms with Crippen LogP contribution in [0.15, 0.2) is 18.2 Å². The molecule has 1 N–H and O–H groups in total. The maximum absolute atomic E-state index is 12.2. The van der Waals surface area contributed by atoms with Crippen LogP contribution in [0.5, 0.6) is 11.5 Å². The van der Waals surface area contributed by atoms with E-state index in [0.29, 0.717) is 6.61 Å². The molecule has 6 heteroatoms. The third-order valence-electron chi connectivity index (χ3n) is 2.24. The molecule has 0 amide bonds. The van der Waals surface area contributed by atoms with E-state index in [1.54, 1.807) is 0 Å². The number of unbranched alkanes of at least 4 members (excludes halogenated alkanes) is 1. The largest absolute Gasteiger partial charge is 0.507 e. The summed E-state index contributed by atoms with van der Waals surface area (Å²) in [5, 5.41) is 9.38. The highest BCUT2D eigenvalue weighted by Gasteiger charge is 2.40. The number of carbonyl (C=O) groups is 1. The molecular weight excluding hydrogens is 249 g/mol. The Hall–Kier alpha value is -1.72. The summed E-state index contributed by atoms with van der Waals surface area (Å²) in [5.74, 6) is -2.56. The minimum absolute atomic E-state index is 0.236. The number of phenols is 1. The molecule has 0 heterocycles. The van der Waals surface area contributed by atoms with Gasteiger partial charge in [-0.15, -0.1) is 0 Å². The van der Waals surface area contributed by atoms with Crippen LogP contribution < -0.4 is 4.74 Å². The van der Waals surface area contributed by atoms with Crippen molar-refractivity contribution >= 4 is 5.78 Å². The molecule has 0 aliphatic heterocycles. The van der Waals surface area contributed by atoms with Gasteiger partial charge in [0.2, 0.25) is 0 Å². The summed E-state index contributed by atoms with van der Waals surface area (Å²) in [7, 11) is 0. The van der Waals surface area contributed by atoms with Crippen LogP contribution in [0.1, 0.15) is 30.1 Å². The fourth-order valence-corrected chi connectivity index (χ4v) is 1.28. The Labute approximate surface area is 102 Å². The van der Waals surface area contributed by atoms with Gasteiger partial charge in [0, 0.05) is 6.07 Å². The standard InChI is InChI=1S/C12H13F3O3/c1-2-3-6-18-8-4-5-9(10(16)7-8)11(17)12(13,14)15/h4-5,7,16H,2-3,6H2,1H3. The number of hydrogen-bond donors (Lipinski definition) is 1. The van der Waals surface area contributed by atoms with Crippen LogP contribution >= 0.6 is 0 Å². The molecule has 0 radical (unpaired) electrons. The van der Waals surface area contributed by atoms with E-state index in [4.69, 9.17) is 4.74 Å². The van der Waals surface area contributed by atoms with E-state index in [-0.39, 0.29) is 5.75 Å².